The van der Waals surface area contributed by atoms with Crippen LogP contribution in [0.1, 0.15) is 78.1 Å². The van der Waals surface area contributed by atoms with E-state index in [4.69, 9.17) is 11.3 Å². The van der Waals surface area contributed by atoms with Crippen LogP contribution in [0.25, 0.3) is 0 Å². The molecule has 4 aliphatic carbocycles. The number of aliphatic hydroxyl groups is 1. The van der Waals surface area contributed by atoms with Crippen molar-refractivity contribution in [2.24, 2.45) is 33.7 Å². The quantitative estimate of drug-likeness (QED) is 0.470. The number of carbonyl (C=O) groups excluding carboxylic acids is 1. The van der Waals surface area contributed by atoms with E-state index in [-0.39, 0.29) is 23.3 Å². The maximum Gasteiger partial charge on any atom is 0.326 e. The average Bonchev–Trinajstić information content (AvgIpc) is 3.43. The van der Waals surface area contributed by atoms with Gasteiger partial charge in [-0.3, -0.25) is 4.79 Å². The molecule has 7 heteroatoms. The topological polar surface area (TPSA) is 99.4 Å². The fourth-order valence-corrected chi connectivity index (χ4v) is 8.47. The van der Waals surface area contributed by atoms with Crippen molar-refractivity contribution in [3.05, 3.63) is 11.6 Å². The average molecular weight is 483 g/mol. The Hall–Kier alpha value is -2.33. The molecule has 190 valence electrons. The van der Waals surface area contributed by atoms with Crippen molar-refractivity contribution in [2.75, 3.05) is 13.2 Å². The van der Waals surface area contributed by atoms with E-state index in [1.807, 2.05) is 0 Å². The van der Waals surface area contributed by atoms with Crippen LogP contribution in [0.15, 0.2) is 16.8 Å². The predicted octanol–water partition coefficient (Wildman–Crippen LogP) is 3.76. The molecule has 1 aliphatic heterocycles. The Kier molecular flexibility index (Phi) is 6.03. The van der Waals surface area contributed by atoms with Crippen LogP contribution < -0.4 is 0 Å². The van der Waals surface area contributed by atoms with E-state index in [2.05, 4.69) is 31.0 Å². The highest BCUT2D eigenvalue weighted by molar-refractivity contribution is 5.96. The first-order valence-electron chi connectivity index (χ1n) is 13.3. The Bertz CT molecular complexity index is 1010. The molecular weight excluding hydrogens is 444 g/mol. The molecule has 2 N–H and O–H groups in total. The number of rotatable bonds is 4. The number of likely N-dealkylation sites (tertiary alicyclic amines) is 1. The first kappa shape index (κ1) is 24.4. The molecule has 1 saturated heterocycles. The number of hydrogen-bond acceptors (Lipinski definition) is 5. The van der Waals surface area contributed by atoms with Crippen LogP contribution >= 0.6 is 0 Å². The molecule has 0 aromatic rings. The van der Waals surface area contributed by atoms with E-state index < -0.39 is 17.6 Å². The summed E-state index contributed by atoms with van der Waals surface area (Å²) < 4.78 is 0. The van der Waals surface area contributed by atoms with Gasteiger partial charge >= 0.3 is 5.97 Å². The summed E-state index contributed by atoms with van der Waals surface area (Å²) in [6, 6.07) is -0.750. The van der Waals surface area contributed by atoms with Gasteiger partial charge in [0.05, 0.1) is 5.71 Å². The number of nitrogens with zero attached hydrogens (tertiary/aromatic N) is 2. The minimum absolute atomic E-state index is 0.125. The van der Waals surface area contributed by atoms with E-state index in [1.165, 1.54) is 10.5 Å². The molecule has 0 spiro atoms. The lowest BCUT2D eigenvalue weighted by Crippen LogP contribution is -2.54. The zero-order valence-corrected chi connectivity index (χ0v) is 21.0. The molecule has 7 atom stereocenters. The molecular formula is C28H38N2O5. The van der Waals surface area contributed by atoms with Crippen molar-refractivity contribution in [1.82, 2.24) is 4.90 Å². The fourth-order valence-electron chi connectivity index (χ4n) is 8.47. The van der Waals surface area contributed by atoms with Crippen molar-refractivity contribution in [3.63, 3.8) is 0 Å². The second-order valence-electron chi connectivity index (χ2n) is 11.9. The second-order valence-corrected chi connectivity index (χ2v) is 11.9. The largest absolute Gasteiger partial charge is 0.480 e. The standard InChI is InChI=1S/C28H38N2O5/c1-4-28(34)14-11-22-20-8-7-18-16-19(9-12-26(18,2)21(20)10-13-27(22,28)3)29-35-17-24(31)30-15-5-6-23(30)25(32)33/h1,16,20-23,34H,5-15,17H2,2-3H3,(H,32,33)/b29-19+/t20-,21-,22-,23+,26+,27+,28-/m1/s1. The Morgan fingerprint density at radius 2 is 1.94 bits per heavy atom. The van der Waals surface area contributed by atoms with Crippen molar-refractivity contribution >= 4 is 17.6 Å². The molecule has 1 amide bonds. The monoisotopic (exact) mass is 482 g/mol. The highest BCUT2D eigenvalue weighted by atomic mass is 16.6. The second kappa shape index (κ2) is 8.65. The molecule has 0 aromatic carbocycles. The van der Waals surface area contributed by atoms with Crippen molar-refractivity contribution in [3.8, 4) is 12.3 Å². The van der Waals surface area contributed by atoms with Gasteiger partial charge in [0.2, 0.25) is 0 Å². The third kappa shape index (κ3) is 3.71. The van der Waals surface area contributed by atoms with Gasteiger partial charge in [-0.05, 0) is 93.5 Å². The summed E-state index contributed by atoms with van der Waals surface area (Å²) in [5.41, 5.74) is 1.26. The Labute approximate surface area is 208 Å². The maximum absolute atomic E-state index is 12.4. The lowest BCUT2D eigenvalue weighted by Gasteiger charge is -2.58. The Balaban J connectivity index is 1.25. The minimum atomic E-state index is -0.972. The molecule has 4 fully saturated rings. The summed E-state index contributed by atoms with van der Waals surface area (Å²) in [7, 11) is 0. The number of fused-ring (bicyclic) bond motifs is 5. The third-order valence-corrected chi connectivity index (χ3v) is 10.6. The molecule has 0 unspecified atom stereocenters. The molecule has 7 nitrogen and oxygen atoms in total. The van der Waals surface area contributed by atoms with Gasteiger partial charge in [0.15, 0.2) is 6.61 Å². The van der Waals surface area contributed by atoms with Gasteiger partial charge in [-0.25, -0.2) is 4.79 Å². The van der Waals surface area contributed by atoms with Crippen LogP contribution in [0.4, 0.5) is 0 Å². The normalized spacial score (nSPS) is 43.5. The zero-order valence-electron chi connectivity index (χ0n) is 21.0. The van der Waals surface area contributed by atoms with Crippen LogP contribution in [0.5, 0.6) is 0 Å². The molecule has 35 heavy (non-hydrogen) atoms. The molecule has 1 heterocycles. The van der Waals surface area contributed by atoms with Gasteiger partial charge in [-0.2, -0.15) is 0 Å². The van der Waals surface area contributed by atoms with E-state index in [1.54, 1.807) is 0 Å². The third-order valence-electron chi connectivity index (χ3n) is 10.6. The van der Waals surface area contributed by atoms with Crippen LogP contribution in [-0.4, -0.2) is 57.5 Å². The van der Waals surface area contributed by atoms with Crippen LogP contribution in [-0.2, 0) is 14.4 Å². The lowest BCUT2D eigenvalue weighted by atomic mass is 9.46. The number of carbonyl (C=O) groups is 2. The summed E-state index contributed by atoms with van der Waals surface area (Å²) >= 11 is 0. The molecule has 0 radical (unpaired) electrons. The van der Waals surface area contributed by atoms with E-state index >= 15 is 0 Å². The van der Waals surface area contributed by atoms with Gasteiger partial charge in [0.25, 0.3) is 5.91 Å². The van der Waals surface area contributed by atoms with Crippen molar-refractivity contribution in [1.29, 1.82) is 0 Å². The van der Waals surface area contributed by atoms with Gasteiger partial charge in [-0.1, -0.05) is 30.5 Å². The molecule has 5 aliphatic rings. The summed E-state index contributed by atoms with van der Waals surface area (Å²) in [6.45, 7) is 4.86. The van der Waals surface area contributed by atoms with Crippen LogP contribution in [0, 0.1) is 40.9 Å². The van der Waals surface area contributed by atoms with E-state index in [9.17, 15) is 19.8 Å². The lowest BCUT2D eigenvalue weighted by molar-refractivity contribution is -0.150. The van der Waals surface area contributed by atoms with E-state index in [0.29, 0.717) is 43.6 Å². The number of aliphatic carboxylic acids is 1. The zero-order chi connectivity index (χ0) is 25.0. The van der Waals surface area contributed by atoms with Gasteiger partial charge in [-0.15, -0.1) is 6.42 Å². The van der Waals surface area contributed by atoms with Crippen molar-refractivity contribution < 1.29 is 24.6 Å². The SMILES string of the molecule is C#C[C@@]1(O)CC[C@@H]2[C@@H]3CCC4=C/C(=N/OCC(=O)N5CCC[C@H]5C(=O)O)CC[C@]4(C)[C@@H]3CC[C@@]21C. The highest BCUT2D eigenvalue weighted by Gasteiger charge is 2.63. The smallest absolute Gasteiger partial charge is 0.326 e. The Morgan fingerprint density at radius 1 is 1.17 bits per heavy atom. The molecule has 0 aromatic heterocycles. The number of terminal acetylenes is 1. The van der Waals surface area contributed by atoms with Gasteiger partial charge in [0, 0.05) is 12.0 Å². The number of oxime groups is 1. The maximum atomic E-state index is 12.4. The summed E-state index contributed by atoms with van der Waals surface area (Å²) in [6.07, 6.45) is 16.9. The molecule has 3 saturated carbocycles. The first-order valence-corrected chi connectivity index (χ1v) is 13.3. The van der Waals surface area contributed by atoms with Crippen LogP contribution in [0.3, 0.4) is 0 Å². The number of carboxylic acid groups (broad SMARTS) is 1. The first-order chi connectivity index (χ1) is 16.6. The number of hydrogen-bond donors (Lipinski definition) is 2. The summed E-state index contributed by atoms with van der Waals surface area (Å²) in [5, 5.41) is 24.7. The molecule has 0 bridgehead atoms. The van der Waals surface area contributed by atoms with Crippen LogP contribution in [0.2, 0.25) is 0 Å². The fraction of sp³-hybridized carbons (Fsp3) is 0.750. The van der Waals surface area contributed by atoms with Crippen molar-refractivity contribution in [2.45, 2.75) is 89.7 Å². The summed E-state index contributed by atoms with van der Waals surface area (Å²) in [4.78, 5) is 30.6. The van der Waals surface area contributed by atoms with Gasteiger partial charge in [0.1, 0.15) is 11.6 Å². The van der Waals surface area contributed by atoms with Gasteiger partial charge < -0.3 is 20.0 Å². The molecule has 5 rings (SSSR count). The Morgan fingerprint density at radius 3 is 2.69 bits per heavy atom. The van der Waals surface area contributed by atoms with E-state index in [0.717, 1.165) is 50.7 Å². The number of amides is 1. The predicted molar refractivity (Wildman–Crippen MR) is 131 cm³/mol. The highest BCUT2D eigenvalue weighted by Crippen LogP contribution is 2.67. The number of allylic oxidation sites excluding steroid dienone is 2. The number of carboxylic acids is 1. The minimum Gasteiger partial charge on any atom is -0.480 e. The summed E-state index contributed by atoms with van der Waals surface area (Å²) in [5.74, 6) is 3.14.